The van der Waals surface area contributed by atoms with Crippen molar-refractivity contribution < 1.29 is 4.74 Å². The number of hydrogen-bond donors (Lipinski definition) is 0. The Labute approximate surface area is 91.0 Å². The molecule has 0 bridgehead atoms. The Bertz CT molecular complexity index is 376. The van der Waals surface area contributed by atoms with E-state index in [0.29, 0.717) is 16.7 Å². The Morgan fingerprint density at radius 1 is 1.71 bits per heavy atom. The summed E-state index contributed by atoms with van der Waals surface area (Å²) >= 11 is 3.21. The van der Waals surface area contributed by atoms with Crippen LogP contribution in [-0.4, -0.2) is 22.8 Å². The van der Waals surface area contributed by atoms with Gasteiger partial charge in [0.1, 0.15) is 4.47 Å². The molecule has 1 rings (SSSR count). The van der Waals surface area contributed by atoms with E-state index in [1.807, 2.05) is 6.92 Å². The summed E-state index contributed by atoms with van der Waals surface area (Å²) in [5, 5.41) is 0. The number of halogens is 1. The van der Waals surface area contributed by atoms with Crippen LogP contribution in [-0.2, 0) is 11.3 Å². The number of rotatable bonds is 3. The van der Waals surface area contributed by atoms with Crippen LogP contribution >= 0.6 is 15.9 Å². The molecule has 1 aromatic heterocycles. The predicted octanol–water partition coefficient (Wildman–Crippen LogP) is 1.35. The van der Waals surface area contributed by atoms with Crippen molar-refractivity contribution in [2.45, 2.75) is 26.5 Å². The summed E-state index contributed by atoms with van der Waals surface area (Å²) in [5.74, 6) is 0. The molecular formula is C9H13BrN2O2. The van der Waals surface area contributed by atoms with Gasteiger partial charge in [0.15, 0.2) is 0 Å². The van der Waals surface area contributed by atoms with Crippen molar-refractivity contribution in [1.82, 2.24) is 9.55 Å². The first kappa shape index (κ1) is 11.4. The largest absolute Gasteiger partial charge is 0.380 e. The van der Waals surface area contributed by atoms with Crippen LogP contribution < -0.4 is 5.56 Å². The Morgan fingerprint density at radius 3 is 2.93 bits per heavy atom. The lowest BCUT2D eigenvalue weighted by atomic mass is 10.4. The minimum absolute atomic E-state index is 0.00380. The number of aromatic nitrogens is 2. The maximum Gasteiger partial charge on any atom is 0.267 e. The number of methoxy groups -OCH3 is 1. The van der Waals surface area contributed by atoms with Gasteiger partial charge in [-0.05, 0) is 29.8 Å². The van der Waals surface area contributed by atoms with Gasteiger partial charge in [0.2, 0.25) is 0 Å². The fourth-order valence-electron chi connectivity index (χ4n) is 1.03. The zero-order valence-corrected chi connectivity index (χ0v) is 10.0. The summed E-state index contributed by atoms with van der Waals surface area (Å²) in [7, 11) is 1.62. The molecule has 1 heterocycles. The summed E-state index contributed by atoms with van der Waals surface area (Å²) in [6, 6.07) is 0. The molecule has 1 unspecified atom stereocenters. The van der Waals surface area contributed by atoms with Crippen molar-refractivity contribution in [2.24, 2.45) is 0 Å². The second-order valence-electron chi connectivity index (χ2n) is 3.15. The summed E-state index contributed by atoms with van der Waals surface area (Å²) in [6.07, 6.45) is 1.54. The summed E-state index contributed by atoms with van der Waals surface area (Å²) < 4.78 is 7.13. The lowest BCUT2D eigenvalue weighted by molar-refractivity contribution is 0.102. The van der Waals surface area contributed by atoms with E-state index in [9.17, 15) is 4.79 Å². The molecule has 0 aromatic carbocycles. The van der Waals surface area contributed by atoms with E-state index in [4.69, 9.17) is 4.74 Å². The zero-order chi connectivity index (χ0) is 10.7. The van der Waals surface area contributed by atoms with Crippen LogP contribution in [0, 0.1) is 6.92 Å². The molecule has 0 saturated heterocycles. The molecule has 78 valence electrons. The molecule has 1 atom stereocenters. The standard InChI is InChI=1S/C9H13BrN2O2/c1-6(14-3)4-12-5-11-7(2)8(10)9(12)13/h5-6H,4H2,1-3H3. The van der Waals surface area contributed by atoms with Gasteiger partial charge in [0.05, 0.1) is 24.7 Å². The van der Waals surface area contributed by atoms with Crippen LogP contribution in [0.15, 0.2) is 15.6 Å². The Morgan fingerprint density at radius 2 is 2.36 bits per heavy atom. The maximum absolute atomic E-state index is 11.7. The van der Waals surface area contributed by atoms with E-state index in [1.54, 1.807) is 14.0 Å². The highest BCUT2D eigenvalue weighted by atomic mass is 79.9. The van der Waals surface area contributed by atoms with Gasteiger partial charge >= 0.3 is 0 Å². The van der Waals surface area contributed by atoms with Crippen LogP contribution in [0.1, 0.15) is 12.6 Å². The number of hydrogen-bond acceptors (Lipinski definition) is 3. The lowest BCUT2D eigenvalue weighted by Gasteiger charge is -2.11. The third-order valence-electron chi connectivity index (χ3n) is 2.01. The topological polar surface area (TPSA) is 44.1 Å². The third kappa shape index (κ3) is 2.42. The van der Waals surface area contributed by atoms with E-state index in [1.165, 1.54) is 10.9 Å². The molecule has 0 aliphatic carbocycles. The van der Waals surface area contributed by atoms with Crippen molar-refractivity contribution in [2.75, 3.05) is 7.11 Å². The highest BCUT2D eigenvalue weighted by Crippen LogP contribution is 2.06. The Balaban J connectivity index is 3.00. The first-order chi connectivity index (χ1) is 6.56. The van der Waals surface area contributed by atoms with Gasteiger partial charge in [-0.1, -0.05) is 0 Å². The number of nitrogens with zero attached hydrogens (tertiary/aromatic N) is 2. The quantitative estimate of drug-likeness (QED) is 0.824. The molecule has 1 aromatic rings. The van der Waals surface area contributed by atoms with Crippen LogP contribution in [0.4, 0.5) is 0 Å². The molecule has 5 heteroatoms. The Kier molecular flexibility index (Phi) is 3.83. The normalized spacial score (nSPS) is 12.9. The highest BCUT2D eigenvalue weighted by Gasteiger charge is 2.07. The van der Waals surface area contributed by atoms with Crippen LogP contribution in [0.25, 0.3) is 0 Å². The zero-order valence-electron chi connectivity index (χ0n) is 8.45. The van der Waals surface area contributed by atoms with E-state index in [2.05, 4.69) is 20.9 Å². The molecule has 0 spiro atoms. The van der Waals surface area contributed by atoms with Crippen LogP contribution in [0.2, 0.25) is 0 Å². The van der Waals surface area contributed by atoms with Crippen molar-refractivity contribution in [1.29, 1.82) is 0 Å². The van der Waals surface area contributed by atoms with Gasteiger partial charge in [-0.15, -0.1) is 0 Å². The molecule has 0 radical (unpaired) electrons. The second kappa shape index (κ2) is 4.70. The molecule has 0 saturated carbocycles. The molecule has 4 nitrogen and oxygen atoms in total. The van der Waals surface area contributed by atoms with Crippen molar-refractivity contribution in [3.05, 3.63) is 26.8 Å². The SMILES string of the molecule is COC(C)Cn1cnc(C)c(Br)c1=O. The van der Waals surface area contributed by atoms with Gasteiger partial charge in [0, 0.05) is 7.11 Å². The molecule has 14 heavy (non-hydrogen) atoms. The fourth-order valence-corrected chi connectivity index (χ4v) is 1.36. The van der Waals surface area contributed by atoms with Gasteiger partial charge < -0.3 is 4.74 Å². The fraction of sp³-hybridized carbons (Fsp3) is 0.556. The molecule has 0 amide bonds. The first-order valence-corrected chi connectivity index (χ1v) is 5.10. The average molecular weight is 261 g/mol. The van der Waals surface area contributed by atoms with Gasteiger partial charge in [-0.25, -0.2) is 4.98 Å². The number of ether oxygens (including phenoxy) is 1. The minimum Gasteiger partial charge on any atom is -0.380 e. The van der Waals surface area contributed by atoms with E-state index < -0.39 is 0 Å². The van der Waals surface area contributed by atoms with E-state index in [-0.39, 0.29) is 11.7 Å². The van der Waals surface area contributed by atoms with Crippen molar-refractivity contribution >= 4 is 15.9 Å². The predicted molar refractivity (Wildman–Crippen MR) is 57.4 cm³/mol. The summed E-state index contributed by atoms with van der Waals surface area (Å²) in [5.41, 5.74) is 0.637. The second-order valence-corrected chi connectivity index (χ2v) is 3.94. The minimum atomic E-state index is -0.0681. The molecule has 0 aliphatic heterocycles. The molecule has 0 aliphatic rings. The Hall–Kier alpha value is -0.680. The lowest BCUT2D eigenvalue weighted by Crippen LogP contribution is -2.27. The summed E-state index contributed by atoms with van der Waals surface area (Å²) in [4.78, 5) is 15.7. The molecule has 0 fully saturated rings. The molecular weight excluding hydrogens is 248 g/mol. The van der Waals surface area contributed by atoms with Gasteiger partial charge in [0.25, 0.3) is 5.56 Å². The summed E-state index contributed by atoms with van der Waals surface area (Å²) in [6.45, 7) is 4.21. The maximum atomic E-state index is 11.7. The smallest absolute Gasteiger partial charge is 0.267 e. The number of aryl methyl sites for hydroxylation is 1. The van der Waals surface area contributed by atoms with E-state index in [0.717, 1.165) is 0 Å². The third-order valence-corrected chi connectivity index (χ3v) is 2.93. The highest BCUT2D eigenvalue weighted by molar-refractivity contribution is 9.10. The van der Waals surface area contributed by atoms with Crippen LogP contribution in [0.3, 0.4) is 0 Å². The first-order valence-electron chi connectivity index (χ1n) is 4.30. The van der Waals surface area contributed by atoms with E-state index >= 15 is 0 Å². The van der Waals surface area contributed by atoms with Crippen molar-refractivity contribution in [3.63, 3.8) is 0 Å². The van der Waals surface area contributed by atoms with Gasteiger partial charge in [-0.2, -0.15) is 0 Å². The van der Waals surface area contributed by atoms with Crippen molar-refractivity contribution in [3.8, 4) is 0 Å². The van der Waals surface area contributed by atoms with Crippen LogP contribution in [0.5, 0.6) is 0 Å². The molecule has 0 N–H and O–H groups in total. The van der Waals surface area contributed by atoms with Gasteiger partial charge in [-0.3, -0.25) is 9.36 Å². The monoisotopic (exact) mass is 260 g/mol. The average Bonchev–Trinajstić information content (AvgIpc) is 2.19.